The number of morpholine rings is 1. The van der Waals surface area contributed by atoms with Crippen molar-refractivity contribution in [2.45, 2.75) is 64.8 Å². The number of rotatable bonds is 4. The third-order valence-corrected chi connectivity index (χ3v) is 5.07. The Morgan fingerprint density at radius 2 is 2.20 bits per heavy atom. The number of thiazole rings is 1. The quantitative estimate of drug-likeness (QED) is 0.927. The van der Waals surface area contributed by atoms with Crippen molar-refractivity contribution in [2.24, 2.45) is 0 Å². The number of anilines is 1. The van der Waals surface area contributed by atoms with Crippen molar-refractivity contribution < 1.29 is 4.74 Å². The summed E-state index contributed by atoms with van der Waals surface area (Å²) in [5.74, 6) is 0. The van der Waals surface area contributed by atoms with Gasteiger partial charge >= 0.3 is 0 Å². The van der Waals surface area contributed by atoms with Gasteiger partial charge in [0.05, 0.1) is 17.4 Å². The predicted molar refractivity (Wildman–Crippen MR) is 83.6 cm³/mol. The SMILES string of the molecule is Cc1nc(N2CC(C)OC(C)(C)C2)sc1CNC1CC1. The summed E-state index contributed by atoms with van der Waals surface area (Å²) in [5, 5.41) is 4.73. The number of nitrogens with zero attached hydrogens (tertiary/aromatic N) is 2. The van der Waals surface area contributed by atoms with Crippen LogP contribution in [0.5, 0.6) is 0 Å². The maximum atomic E-state index is 5.97. The van der Waals surface area contributed by atoms with Gasteiger partial charge < -0.3 is 15.0 Å². The Morgan fingerprint density at radius 3 is 2.85 bits per heavy atom. The second-order valence-electron chi connectivity index (χ2n) is 6.73. The molecule has 2 fully saturated rings. The van der Waals surface area contributed by atoms with Gasteiger partial charge in [-0.25, -0.2) is 4.98 Å². The number of hydrogen-bond donors (Lipinski definition) is 1. The van der Waals surface area contributed by atoms with Gasteiger partial charge in [-0.2, -0.15) is 0 Å². The van der Waals surface area contributed by atoms with E-state index in [0.717, 1.165) is 30.8 Å². The molecule has 0 amide bonds. The Kier molecular flexibility index (Phi) is 3.77. The van der Waals surface area contributed by atoms with Crippen LogP contribution in [0.3, 0.4) is 0 Å². The molecule has 0 bridgehead atoms. The van der Waals surface area contributed by atoms with Gasteiger partial charge in [0.15, 0.2) is 5.13 Å². The summed E-state index contributed by atoms with van der Waals surface area (Å²) in [7, 11) is 0. The third kappa shape index (κ3) is 3.32. The summed E-state index contributed by atoms with van der Waals surface area (Å²) < 4.78 is 5.97. The van der Waals surface area contributed by atoms with Gasteiger partial charge in [-0.3, -0.25) is 0 Å². The normalized spacial score (nSPS) is 26.0. The van der Waals surface area contributed by atoms with Crippen LogP contribution in [0.1, 0.15) is 44.2 Å². The predicted octanol–water partition coefficient (Wildman–Crippen LogP) is 2.71. The maximum Gasteiger partial charge on any atom is 0.186 e. The highest BCUT2D eigenvalue weighted by Crippen LogP contribution is 2.31. The van der Waals surface area contributed by atoms with Crippen LogP contribution in [0.4, 0.5) is 5.13 Å². The molecule has 5 heteroatoms. The molecule has 1 aromatic heterocycles. The Morgan fingerprint density at radius 1 is 1.45 bits per heavy atom. The zero-order valence-electron chi connectivity index (χ0n) is 12.9. The largest absolute Gasteiger partial charge is 0.369 e. The van der Waals surface area contributed by atoms with Gasteiger partial charge in [-0.15, -0.1) is 11.3 Å². The molecule has 1 saturated heterocycles. The fourth-order valence-corrected chi connectivity index (χ4v) is 3.86. The average molecular weight is 295 g/mol. The third-order valence-electron chi connectivity index (χ3n) is 3.85. The molecule has 1 N–H and O–H groups in total. The molecule has 1 aliphatic carbocycles. The molecule has 2 aliphatic rings. The van der Waals surface area contributed by atoms with Crippen molar-refractivity contribution in [1.82, 2.24) is 10.3 Å². The minimum atomic E-state index is -0.0936. The lowest BCUT2D eigenvalue weighted by Gasteiger charge is -2.41. The Labute approximate surface area is 125 Å². The van der Waals surface area contributed by atoms with Gasteiger partial charge in [-0.05, 0) is 40.5 Å². The minimum absolute atomic E-state index is 0.0936. The van der Waals surface area contributed by atoms with Crippen LogP contribution in [0, 0.1) is 6.92 Å². The van der Waals surface area contributed by atoms with E-state index >= 15 is 0 Å². The molecular formula is C15H25N3OS. The van der Waals surface area contributed by atoms with E-state index in [9.17, 15) is 0 Å². The number of aromatic nitrogens is 1. The van der Waals surface area contributed by atoms with Gasteiger partial charge in [0, 0.05) is 30.6 Å². The molecular weight excluding hydrogens is 270 g/mol. The smallest absolute Gasteiger partial charge is 0.186 e. The highest BCUT2D eigenvalue weighted by molar-refractivity contribution is 7.15. The highest BCUT2D eigenvalue weighted by Gasteiger charge is 2.33. The van der Waals surface area contributed by atoms with E-state index in [2.05, 4.69) is 37.9 Å². The van der Waals surface area contributed by atoms with Crippen LogP contribution in [0.25, 0.3) is 0 Å². The Bertz CT molecular complexity index is 481. The van der Waals surface area contributed by atoms with Gasteiger partial charge in [-0.1, -0.05) is 0 Å². The van der Waals surface area contributed by atoms with Crippen LogP contribution in [-0.4, -0.2) is 35.8 Å². The summed E-state index contributed by atoms with van der Waals surface area (Å²) in [6, 6.07) is 0.752. The second-order valence-corrected chi connectivity index (χ2v) is 7.79. The van der Waals surface area contributed by atoms with Crippen LogP contribution in [-0.2, 0) is 11.3 Å². The zero-order chi connectivity index (χ0) is 14.3. The first-order chi connectivity index (χ1) is 9.43. The molecule has 0 aromatic carbocycles. The van der Waals surface area contributed by atoms with Crippen LogP contribution in [0.15, 0.2) is 0 Å². The monoisotopic (exact) mass is 295 g/mol. The lowest BCUT2D eigenvalue weighted by molar-refractivity contribution is -0.0749. The number of aryl methyl sites for hydroxylation is 1. The lowest BCUT2D eigenvalue weighted by atomic mass is 10.1. The van der Waals surface area contributed by atoms with Crippen LogP contribution in [0.2, 0.25) is 0 Å². The van der Waals surface area contributed by atoms with E-state index in [-0.39, 0.29) is 11.7 Å². The van der Waals surface area contributed by atoms with Gasteiger partial charge in [0.25, 0.3) is 0 Å². The molecule has 1 aromatic rings. The summed E-state index contributed by atoms with van der Waals surface area (Å²) >= 11 is 1.84. The van der Waals surface area contributed by atoms with E-state index in [1.54, 1.807) is 0 Å². The summed E-state index contributed by atoms with van der Waals surface area (Å²) in [6.07, 6.45) is 2.93. The summed E-state index contributed by atoms with van der Waals surface area (Å²) in [5.41, 5.74) is 1.08. The van der Waals surface area contributed by atoms with Crippen molar-refractivity contribution in [2.75, 3.05) is 18.0 Å². The molecule has 0 radical (unpaired) electrons. The van der Waals surface area contributed by atoms with E-state index in [4.69, 9.17) is 9.72 Å². The van der Waals surface area contributed by atoms with E-state index in [1.807, 2.05) is 11.3 Å². The van der Waals surface area contributed by atoms with Gasteiger partial charge in [0.2, 0.25) is 0 Å². The minimum Gasteiger partial charge on any atom is -0.369 e. The fraction of sp³-hybridized carbons (Fsp3) is 0.800. The Hall–Kier alpha value is -0.650. The first-order valence-corrected chi connectivity index (χ1v) is 8.37. The van der Waals surface area contributed by atoms with Crippen LogP contribution < -0.4 is 10.2 Å². The van der Waals surface area contributed by atoms with E-state index in [0.29, 0.717) is 0 Å². The lowest BCUT2D eigenvalue weighted by Crippen LogP contribution is -2.52. The van der Waals surface area contributed by atoms with Crippen molar-refractivity contribution in [3.05, 3.63) is 10.6 Å². The molecule has 2 heterocycles. The number of hydrogen-bond acceptors (Lipinski definition) is 5. The summed E-state index contributed by atoms with van der Waals surface area (Å²) in [4.78, 5) is 8.54. The maximum absolute atomic E-state index is 5.97. The zero-order valence-corrected chi connectivity index (χ0v) is 13.7. The number of ether oxygens (including phenoxy) is 1. The van der Waals surface area contributed by atoms with Crippen molar-refractivity contribution >= 4 is 16.5 Å². The highest BCUT2D eigenvalue weighted by atomic mass is 32.1. The molecule has 112 valence electrons. The standard InChI is InChI=1S/C15H25N3OS/c1-10-8-18(9-15(3,4)19-10)14-17-11(2)13(20-14)7-16-12-5-6-12/h10,12,16H,5-9H2,1-4H3. The Balaban J connectivity index is 1.70. The molecule has 0 spiro atoms. The first kappa shape index (κ1) is 14.3. The van der Waals surface area contributed by atoms with Crippen molar-refractivity contribution in [1.29, 1.82) is 0 Å². The molecule has 20 heavy (non-hydrogen) atoms. The first-order valence-electron chi connectivity index (χ1n) is 7.55. The second kappa shape index (κ2) is 5.28. The molecule has 1 atom stereocenters. The molecule has 1 aliphatic heterocycles. The molecule has 1 saturated carbocycles. The summed E-state index contributed by atoms with van der Waals surface area (Å²) in [6.45, 7) is 11.4. The van der Waals surface area contributed by atoms with Crippen molar-refractivity contribution in [3.63, 3.8) is 0 Å². The number of nitrogens with one attached hydrogen (secondary N) is 1. The fourth-order valence-electron chi connectivity index (χ4n) is 2.84. The van der Waals surface area contributed by atoms with Crippen LogP contribution >= 0.6 is 11.3 Å². The molecule has 4 nitrogen and oxygen atoms in total. The molecule has 3 rings (SSSR count). The molecule has 1 unspecified atom stereocenters. The van der Waals surface area contributed by atoms with Crippen molar-refractivity contribution in [3.8, 4) is 0 Å². The van der Waals surface area contributed by atoms with Gasteiger partial charge in [0.1, 0.15) is 0 Å². The van der Waals surface area contributed by atoms with E-state index < -0.39 is 0 Å². The average Bonchev–Trinajstić information content (AvgIpc) is 3.08. The topological polar surface area (TPSA) is 37.4 Å². The van der Waals surface area contributed by atoms with E-state index in [1.165, 1.54) is 23.4 Å².